The van der Waals surface area contributed by atoms with Gasteiger partial charge in [0.25, 0.3) is 0 Å². The van der Waals surface area contributed by atoms with Gasteiger partial charge in [-0.3, -0.25) is 9.59 Å². The number of carbonyl (C=O) groups is 2. The van der Waals surface area contributed by atoms with E-state index in [1.54, 1.807) is 18.2 Å². The average molecular weight is 384 g/mol. The van der Waals surface area contributed by atoms with Crippen molar-refractivity contribution >= 4 is 29.6 Å². The van der Waals surface area contributed by atoms with Gasteiger partial charge >= 0.3 is 11.8 Å². The molecular weight excluding hydrogens is 358 g/mol. The minimum atomic E-state index is -0.833. The Hall–Kier alpha value is -2.12. The topological polar surface area (TPSA) is 89.0 Å². The Labute approximate surface area is 159 Å². The first-order valence-electron chi connectivity index (χ1n) is 8.59. The molecule has 0 radical (unpaired) electrons. The average Bonchev–Trinajstić information content (AvgIpc) is 2.60. The highest BCUT2D eigenvalue weighted by Crippen LogP contribution is 2.24. The molecular formula is C18H26ClN3O4. The van der Waals surface area contributed by atoms with Crippen molar-refractivity contribution in [3.05, 3.63) is 28.8 Å². The molecule has 2 N–H and O–H groups in total. The van der Waals surface area contributed by atoms with Gasteiger partial charge in [0.05, 0.1) is 23.9 Å². The Morgan fingerprint density at radius 1 is 1.27 bits per heavy atom. The summed E-state index contributed by atoms with van der Waals surface area (Å²) < 4.78 is 10.8. The summed E-state index contributed by atoms with van der Waals surface area (Å²) in [7, 11) is 0. The maximum atomic E-state index is 11.6. The van der Waals surface area contributed by atoms with Crippen molar-refractivity contribution in [2.45, 2.75) is 39.7 Å². The van der Waals surface area contributed by atoms with Crippen molar-refractivity contribution in [3.8, 4) is 5.75 Å². The summed E-state index contributed by atoms with van der Waals surface area (Å²) in [5.74, 6) is -0.983. The molecule has 7 nitrogen and oxygen atoms in total. The number of rotatable bonds is 10. The number of hydrogen-bond acceptors (Lipinski definition) is 5. The second-order valence-corrected chi connectivity index (χ2v) is 6.17. The second kappa shape index (κ2) is 12.3. The fourth-order valence-corrected chi connectivity index (χ4v) is 2.06. The third-order valence-corrected chi connectivity index (χ3v) is 3.36. The van der Waals surface area contributed by atoms with E-state index in [9.17, 15) is 9.59 Å². The van der Waals surface area contributed by atoms with Gasteiger partial charge in [0.2, 0.25) is 0 Å². The van der Waals surface area contributed by atoms with Crippen LogP contribution in [0.25, 0.3) is 0 Å². The van der Waals surface area contributed by atoms with Crippen LogP contribution in [0.5, 0.6) is 5.75 Å². The largest absolute Gasteiger partial charge is 0.492 e. The minimum absolute atomic E-state index is 0.143. The minimum Gasteiger partial charge on any atom is -0.492 e. The maximum Gasteiger partial charge on any atom is 0.329 e. The lowest BCUT2D eigenvalue weighted by Gasteiger charge is -2.07. The van der Waals surface area contributed by atoms with Crippen LogP contribution in [0.4, 0.5) is 0 Å². The van der Waals surface area contributed by atoms with Crippen LogP contribution in [0.3, 0.4) is 0 Å². The van der Waals surface area contributed by atoms with Crippen molar-refractivity contribution in [2.24, 2.45) is 5.10 Å². The van der Waals surface area contributed by atoms with Crippen LogP contribution in [-0.4, -0.2) is 43.9 Å². The van der Waals surface area contributed by atoms with Crippen LogP contribution < -0.4 is 15.5 Å². The van der Waals surface area contributed by atoms with Crippen molar-refractivity contribution < 1.29 is 19.1 Å². The Morgan fingerprint density at radius 3 is 2.69 bits per heavy atom. The first kappa shape index (κ1) is 21.9. The third-order valence-electron chi connectivity index (χ3n) is 3.06. The van der Waals surface area contributed by atoms with E-state index >= 15 is 0 Å². The van der Waals surface area contributed by atoms with Crippen LogP contribution in [0.15, 0.2) is 23.3 Å². The van der Waals surface area contributed by atoms with Gasteiger partial charge < -0.3 is 14.8 Å². The van der Waals surface area contributed by atoms with Gasteiger partial charge in [-0.25, -0.2) is 5.43 Å². The van der Waals surface area contributed by atoms with E-state index in [0.717, 1.165) is 6.42 Å². The smallest absolute Gasteiger partial charge is 0.329 e. The molecule has 26 heavy (non-hydrogen) atoms. The lowest BCUT2D eigenvalue weighted by Crippen LogP contribution is -2.38. The number of amides is 2. The van der Waals surface area contributed by atoms with Gasteiger partial charge in [0.15, 0.2) is 0 Å². The van der Waals surface area contributed by atoms with Gasteiger partial charge in [-0.15, -0.1) is 0 Å². The summed E-state index contributed by atoms with van der Waals surface area (Å²) >= 11 is 6.11. The number of hydrogen-bond donors (Lipinski definition) is 2. The van der Waals surface area contributed by atoms with E-state index in [2.05, 4.69) is 15.8 Å². The molecule has 0 aliphatic rings. The zero-order valence-electron chi connectivity index (χ0n) is 15.4. The lowest BCUT2D eigenvalue weighted by atomic mass is 10.2. The van der Waals surface area contributed by atoms with E-state index < -0.39 is 11.8 Å². The van der Waals surface area contributed by atoms with E-state index in [0.29, 0.717) is 42.5 Å². The molecule has 1 aromatic rings. The number of halogens is 1. The number of nitrogens with one attached hydrogen (secondary N) is 2. The fraction of sp³-hybridized carbons (Fsp3) is 0.500. The number of hydrazone groups is 1. The predicted octanol–water partition coefficient (Wildman–Crippen LogP) is 2.51. The SMILES string of the molecule is CCCOc1ccc(/C=N\NC(=O)C(=O)NCCCOC(C)C)cc1Cl. The highest BCUT2D eigenvalue weighted by Gasteiger charge is 2.11. The molecule has 0 atom stereocenters. The monoisotopic (exact) mass is 383 g/mol. The molecule has 0 aliphatic carbocycles. The van der Waals surface area contributed by atoms with Gasteiger partial charge in [-0.2, -0.15) is 5.10 Å². The van der Waals surface area contributed by atoms with Crippen LogP contribution in [-0.2, 0) is 14.3 Å². The Bertz CT molecular complexity index is 620. The summed E-state index contributed by atoms with van der Waals surface area (Å²) in [6.45, 7) is 7.34. The maximum absolute atomic E-state index is 11.6. The van der Waals surface area contributed by atoms with Crippen molar-refractivity contribution in [3.63, 3.8) is 0 Å². The Kier molecular flexibility index (Phi) is 10.3. The summed E-state index contributed by atoms with van der Waals surface area (Å²) in [5, 5.41) is 6.71. The molecule has 0 saturated carbocycles. The van der Waals surface area contributed by atoms with Crippen molar-refractivity contribution in [1.29, 1.82) is 0 Å². The molecule has 0 bridgehead atoms. The molecule has 0 fully saturated rings. The number of nitrogens with zero attached hydrogens (tertiary/aromatic N) is 1. The molecule has 2 amide bonds. The second-order valence-electron chi connectivity index (χ2n) is 5.77. The Morgan fingerprint density at radius 2 is 2.04 bits per heavy atom. The van der Waals surface area contributed by atoms with Gasteiger partial charge in [0, 0.05) is 13.2 Å². The molecule has 0 saturated heterocycles. The highest BCUT2D eigenvalue weighted by atomic mass is 35.5. The normalized spacial score (nSPS) is 11.0. The summed E-state index contributed by atoms with van der Waals surface area (Å²) in [5.41, 5.74) is 2.84. The zero-order valence-corrected chi connectivity index (χ0v) is 16.1. The van der Waals surface area contributed by atoms with Crippen molar-refractivity contribution in [2.75, 3.05) is 19.8 Å². The number of carbonyl (C=O) groups excluding carboxylic acids is 2. The molecule has 0 aromatic heterocycles. The summed E-state index contributed by atoms with van der Waals surface area (Å²) in [4.78, 5) is 23.2. The standard InChI is InChI=1S/C18H26ClN3O4/c1-4-9-26-16-7-6-14(11-15(16)19)12-21-22-18(24)17(23)20-8-5-10-25-13(2)3/h6-7,11-13H,4-5,8-10H2,1-3H3,(H,20,23)(H,22,24)/b21-12-. The third kappa shape index (κ3) is 8.82. The zero-order chi connectivity index (χ0) is 19.4. The first-order valence-corrected chi connectivity index (χ1v) is 8.97. The molecule has 8 heteroatoms. The molecule has 1 rings (SSSR count). The molecule has 0 aliphatic heterocycles. The van der Waals surface area contributed by atoms with E-state index in [4.69, 9.17) is 21.1 Å². The van der Waals surface area contributed by atoms with Crippen LogP contribution in [0.2, 0.25) is 5.02 Å². The lowest BCUT2D eigenvalue weighted by molar-refractivity contribution is -0.139. The van der Waals surface area contributed by atoms with E-state index in [1.807, 2.05) is 20.8 Å². The van der Waals surface area contributed by atoms with Crippen LogP contribution >= 0.6 is 11.6 Å². The highest BCUT2D eigenvalue weighted by molar-refractivity contribution is 6.35. The van der Waals surface area contributed by atoms with E-state index in [1.165, 1.54) is 6.21 Å². The van der Waals surface area contributed by atoms with E-state index in [-0.39, 0.29) is 6.10 Å². The molecule has 0 heterocycles. The van der Waals surface area contributed by atoms with Gasteiger partial charge in [0.1, 0.15) is 5.75 Å². The molecule has 0 spiro atoms. The number of benzene rings is 1. The summed E-state index contributed by atoms with van der Waals surface area (Å²) in [6.07, 6.45) is 3.06. The first-order chi connectivity index (χ1) is 12.4. The van der Waals surface area contributed by atoms with Crippen LogP contribution in [0, 0.1) is 0 Å². The molecule has 144 valence electrons. The van der Waals surface area contributed by atoms with Crippen molar-refractivity contribution in [1.82, 2.24) is 10.7 Å². The van der Waals surface area contributed by atoms with Crippen LogP contribution in [0.1, 0.15) is 39.2 Å². The van der Waals surface area contributed by atoms with Gasteiger partial charge in [-0.05, 0) is 50.5 Å². The summed E-state index contributed by atoms with van der Waals surface area (Å²) in [6, 6.07) is 5.14. The quantitative estimate of drug-likeness (QED) is 0.281. The number of ether oxygens (including phenoxy) is 2. The Balaban J connectivity index is 2.36. The predicted molar refractivity (Wildman–Crippen MR) is 102 cm³/mol. The fourth-order valence-electron chi connectivity index (χ4n) is 1.82. The van der Waals surface area contributed by atoms with Gasteiger partial charge in [-0.1, -0.05) is 18.5 Å². The molecule has 1 aromatic carbocycles. The molecule has 0 unspecified atom stereocenters.